The molecule has 1 aliphatic heterocycles. The van der Waals surface area contributed by atoms with Crippen molar-refractivity contribution < 1.29 is 48.0 Å². The molecule has 1 aromatic rings. The fourth-order valence-corrected chi connectivity index (χ4v) is 11.0. The van der Waals surface area contributed by atoms with Crippen LogP contribution in [0.3, 0.4) is 0 Å². The van der Waals surface area contributed by atoms with Crippen LogP contribution in [0.25, 0.3) is 0 Å². The van der Waals surface area contributed by atoms with Gasteiger partial charge in [-0.1, -0.05) is 63.3 Å². The molecule has 12 atom stereocenters. The van der Waals surface area contributed by atoms with Crippen molar-refractivity contribution in [3.63, 3.8) is 0 Å². The number of esters is 4. The second-order valence-corrected chi connectivity index (χ2v) is 15.6. The summed E-state index contributed by atoms with van der Waals surface area (Å²) in [6.45, 7) is 15.5. The topological polar surface area (TPSA) is 135 Å². The van der Waals surface area contributed by atoms with E-state index in [1.807, 2.05) is 63.3 Å². The van der Waals surface area contributed by atoms with E-state index in [1.54, 1.807) is 6.92 Å². The molecule has 1 aromatic carbocycles. The number of rotatable bonds is 8. The minimum Gasteiger partial charge on any atom is -0.462 e. The standard InChI is InChI=1S/C40H54O10/c1-23(20-30-14-11-10-12-15-30)40(45)24(2)21-33(48-27(5)42)38(9)32(40)17-18-37(8)31-16-13-19-46-22-39(31,25(3)47-26(4)41)36(50-29(7)44)34(35(37)38)49-28(6)43/h10-16,21,23,25,31-36,45H,17-20,22H2,1-9H3/t23?,25-,31?,32?,33-,34+,35?,36+,37+,38-,39-,40?/m1/s1. The molecule has 2 saturated carbocycles. The number of carbonyl (C=O) groups is 4. The molecule has 0 amide bonds. The Balaban J connectivity index is 1.80. The predicted octanol–water partition coefficient (Wildman–Crippen LogP) is 5.54. The monoisotopic (exact) mass is 694 g/mol. The van der Waals surface area contributed by atoms with Gasteiger partial charge in [0.15, 0.2) is 6.10 Å². The van der Waals surface area contributed by atoms with Gasteiger partial charge >= 0.3 is 23.9 Å². The van der Waals surface area contributed by atoms with Crippen LogP contribution in [0.2, 0.25) is 0 Å². The number of allylic oxidation sites excluding steroid dienone is 1. The predicted molar refractivity (Wildman–Crippen MR) is 184 cm³/mol. The summed E-state index contributed by atoms with van der Waals surface area (Å²) < 4.78 is 30.9. The molecule has 1 heterocycles. The van der Waals surface area contributed by atoms with Crippen molar-refractivity contribution >= 4 is 23.9 Å². The lowest BCUT2D eigenvalue weighted by Gasteiger charge is -2.71. The Kier molecular flexibility index (Phi) is 10.5. The van der Waals surface area contributed by atoms with Crippen LogP contribution in [-0.2, 0) is 49.3 Å². The zero-order valence-corrected chi connectivity index (χ0v) is 30.9. The summed E-state index contributed by atoms with van der Waals surface area (Å²) in [5, 5.41) is 13.2. The molecular formula is C40H54O10. The van der Waals surface area contributed by atoms with Gasteiger partial charge in [0, 0.05) is 44.9 Å². The van der Waals surface area contributed by atoms with E-state index in [0.717, 1.165) is 11.1 Å². The van der Waals surface area contributed by atoms with E-state index in [4.69, 9.17) is 23.7 Å². The van der Waals surface area contributed by atoms with Gasteiger partial charge in [-0.3, -0.25) is 19.2 Å². The van der Waals surface area contributed by atoms with Gasteiger partial charge in [-0.15, -0.1) is 0 Å². The van der Waals surface area contributed by atoms with E-state index in [1.165, 1.54) is 27.7 Å². The lowest BCUT2D eigenvalue weighted by molar-refractivity contribution is -0.306. The van der Waals surface area contributed by atoms with Crippen molar-refractivity contribution in [3.05, 3.63) is 59.7 Å². The van der Waals surface area contributed by atoms with Gasteiger partial charge < -0.3 is 28.8 Å². The van der Waals surface area contributed by atoms with Crippen molar-refractivity contribution in [1.29, 1.82) is 0 Å². The highest BCUT2D eigenvalue weighted by Crippen LogP contribution is 2.72. The number of fused-ring (bicyclic) bond motifs is 5. The van der Waals surface area contributed by atoms with Crippen LogP contribution in [0.4, 0.5) is 0 Å². The van der Waals surface area contributed by atoms with Crippen molar-refractivity contribution in [2.24, 2.45) is 39.9 Å². The second-order valence-electron chi connectivity index (χ2n) is 15.6. The van der Waals surface area contributed by atoms with Crippen molar-refractivity contribution in [1.82, 2.24) is 0 Å². The van der Waals surface area contributed by atoms with Crippen LogP contribution < -0.4 is 0 Å². The van der Waals surface area contributed by atoms with Crippen LogP contribution in [0, 0.1) is 39.9 Å². The largest absolute Gasteiger partial charge is 0.462 e. The Labute approximate surface area is 295 Å². The highest BCUT2D eigenvalue weighted by atomic mass is 16.6. The molecule has 0 aromatic heterocycles. The Hall–Kier alpha value is -3.50. The molecule has 10 nitrogen and oxygen atoms in total. The highest BCUT2D eigenvalue weighted by molar-refractivity contribution is 5.68. The number of hydrogen-bond acceptors (Lipinski definition) is 10. The van der Waals surface area contributed by atoms with Crippen molar-refractivity contribution in [2.45, 2.75) is 112 Å². The Morgan fingerprint density at radius 1 is 0.940 bits per heavy atom. The molecule has 0 saturated heterocycles. The summed E-state index contributed by atoms with van der Waals surface area (Å²) in [5.74, 6) is -3.90. The molecule has 0 radical (unpaired) electrons. The van der Waals surface area contributed by atoms with E-state index in [9.17, 15) is 24.3 Å². The maximum atomic E-state index is 13.2. The van der Waals surface area contributed by atoms with Gasteiger partial charge in [0.25, 0.3) is 0 Å². The first-order valence-electron chi connectivity index (χ1n) is 17.8. The van der Waals surface area contributed by atoms with Crippen LogP contribution in [-0.4, -0.2) is 72.2 Å². The van der Waals surface area contributed by atoms with Gasteiger partial charge in [-0.05, 0) is 67.6 Å². The molecular weight excluding hydrogens is 640 g/mol. The molecule has 2 fully saturated rings. The Morgan fingerprint density at radius 2 is 1.58 bits per heavy atom. The number of carbonyl (C=O) groups excluding carboxylic acids is 4. The van der Waals surface area contributed by atoms with Crippen LogP contribution in [0.5, 0.6) is 0 Å². The summed E-state index contributed by atoms with van der Waals surface area (Å²) in [4.78, 5) is 51.6. The molecule has 10 heteroatoms. The van der Waals surface area contributed by atoms with Gasteiger partial charge in [0.2, 0.25) is 0 Å². The Morgan fingerprint density at radius 3 is 2.18 bits per heavy atom. The fourth-order valence-electron chi connectivity index (χ4n) is 11.0. The maximum absolute atomic E-state index is 13.2. The van der Waals surface area contributed by atoms with Crippen molar-refractivity contribution in [3.8, 4) is 0 Å². The first kappa shape index (κ1) is 37.7. The van der Waals surface area contributed by atoms with Gasteiger partial charge in [-0.25, -0.2) is 0 Å². The number of hydrogen-bond donors (Lipinski definition) is 1. The average molecular weight is 695 g/mol. The van der Waals surface area contributed by atoms with Gasteiger partial charge in [0.1, 0.15) is 18.3 Å². The van der Waals surface area contributed by atoms with E-state index in [-0.39, 0.29) is 19.1 Å². The zero-order valence-electron chi connectivity index (χ0n) is 30.9. The summed E-state index contributed by atoms with van der Waals surface area (Å²) >= 11 is 0. The summed E-state index contributed by atoms with van der Waals surface area (Å²) in [5.41, 5.74) is -2.44. The van der Waals surface area contributed by atoms with E-state index in [2.05, 4.69) is 13.0 Å². The van der Waals surface area contributed by atoms with E-state index >= 15 is 0 Å². The first-order chi connectivity index (χ1) is 23.4. The summed E-state index contributed by atoms with van der Waals surface area (Å²) in [6.07, 6.45) is 3.77. The lowest BCUT2D eigenvalue weighted by Crippen LogP contribution is -2.76. The number of ether oxygens (including phenoxy) is 5. The van der Waals surface area contributed by atoms with Gasteiger partial charge in [0.05, 0.1) is 24.2 Å². The molecule has 0 spiro atoms. The van der Waals surface area contributed by atoms with E-state index < -0.39 is 87.9 Å². The summed E-state index contributed by atoms with van der Waals surface area (Å²) in [6, 6.07) is 10.0. The molecule has 0 bridgehead atoms. The molecule has 1 N–H and O–H groups in total. The molecule has 4 aliphatic rings. The minimum atomic E-state index is -1.33. The lowest BCUT2D eigenvalue weighted by atomic mass is 9.35. The molecule has 5 rings (SSSR count). The maximum Gasteiger partial charge on any atom is 0.303 e. The zero-order chi connectivity index (χ0) is 36.8. The third kappa shape index (κ3) is 6.10. The summed E-state index contributed by atoms with van der Waals surface area (Å²) in [7, 11) is 0. The average Bonchev–Trinajstić information content (AvgIpc) is 3.26. The SMILES string of the molecule is CC(=O)O[C@H]1C2[C@@](C)(CCC3C(O)(C(C)Cc4ccccc4)C(C)=C[C@@H](OC(C)=O)[C@@]32C)C2C=CCOC[C@]2([C@@H](C)OC(C)=O)[C@H]1OC(C)=O. The van der Waals surface area contributed by atoms with Crippen LogP contribution in [0.15, 0.2) is 54.1 Å². The third-order valence-electron chi connectivity index (χ3n) is 12.7. The van der Waals surface area contributed by atoms with Crippen LogP contribution >= 0.6 is 0 Å². The highest BCUT2D eigenvalue weighted by Gasteiger charge is 2.76. The Bertz CT molecular complexity index is 1540. The quantitative estimate of drug-likeness (QED) is 0.210. The number of benzene rings is 1. The van der Waals surface area contributed by atoms with Crippen molar-refractivity contribution in [2.75, 3.05) is 13.2 Å². The second kappa shape index (κ2) is 13.9. The molecule has 3 aliphatic carbocycles. The normalized spacial score (nSPS) is 38.8. The first-order valence-corrected chi connectivity index (χ1v) is 17.8. The third-order valence-corrected chi connectivity index (χ3v) is 12.7. The minimum absolute atomic E-state index is 0.0573. The van der Waals surface area contributed by atoms with Gasteiger partial charge in [-0.2, -0.15) is 0 Å². The fraction of sp³-hybridized carbons (Fsp3) is 0.650. The molecule has 274 valence electrons. The van der Waals surface area contributed by atoms with E-state index in [0.29, 0.717) is 19.3 Å². The molecule has 50 heavy (non-hydrogen) atoms. The van der Waals surface area contributed by atoms with Crippen LogP contribution in [0.1, 0.15) is 80.7 Å². The number of aliphatic hydroxyl groups is 1. The smallest absolute Gasteiger partial charge is 0.303 e. The molecule has 5 unspecified atom stereocenters.